The summed E-state index contributed by atoms with van der Waals surface area (Å²) in [6.07, 6.45) is 83.3. The van der Waals surface area contributed by atoms with Gasteiger partial charge in [0.05, 0.1) is 27.7 Å². The molecule has 0 heterocycles. The van der Waals surface area contributed by atoms with E-state index in [-0.39, 0.29) is 25.6 Å². The summed E-state index contributed by atoms with van der Waals surface area (Å²) in [5.41, 5.74) is 0. The average molecular weight is 1170 g/mol. The van der Waals surface area contributed by atoms with E-state index in [0.29, 0.717) is 23.9 Å². The van der Waals surface area contributed by atoms with Gasteiger partial charge in [0.2, 0.25) is 0 Å². The maximum absolute atomic E-state index is 12.9. The van der Waals surface area contributed by atoms with Gasteiger partial charge in [-0.25, -0.2) is 4.57 Å². The highest BCUT2D eigenvalue weighted by atomic mass is 31.2. The van der Waals surface area contributed by atoms with Crippen LogP contribution in [0.1, 0.15) is 335 Å². The number of allylic oxidation sites excluding steroid dienone is 10. The highest BCUT2D eigenvalue weighted by Gasteiger charge is 2.27. The quantitative estimate of drug-likeness (QED) is 0.0211. The smallest absolute Gasteiger partial charge is 0.462 e. The molecule has 0 aliphatic heterocycles. The van der Waals surface area contributed by atoms with Crippen LogP contribution in [0, 0.1) is 0 Å². The van der Waals surface area contributed by atoms with E-state index in [1.54, 1.807) is 0 Å². The first-order valence-electron chi connectivity index (χ1n) is 35.0. The third-order valence-electron chi connectivity index (χ3n) is 15.6. The molecule has 0 saturated heterocycles. The van der Waals surface area contributed by atoms with Gasteiger partial charge >= 0.3 is 19.8 Å². The van der Waals surface area contributed by atoms with E-state index in [1.807, 2.05) is 21.1 Å². The molecule has 0 aromatic heterocycles. The van der Waals surface area contributed by atoms with E-state index in [1.165, 1.54) is 238 Å². The first-order chi connectivity index (χ1) is 40.0. The number of phosphoric acid groups is 1. The fourth-order valence-corrected chi connectivity index (χ4v) is 11.0. The molecule has 0 radical (unpaired) electrons. The largest absolute Gasteiger partial charge is 0.472 e. The third kappa shape index (κ3) is 66.8. The van der Waals surface area contributed by atoms with E-state index in [4.69, 9.17) is 18.5 Å². The van der Waals surface area contributed by atoms with Crippen LogP contribution < -0.4 is 0 Å². The highest BCUT2D eigenvalue weighted by Crippen LogP contribution is 2.43. The fraction of sp³-hybridized carbons (Fsp3) is 0.833. The standard InChI is InChI=1S/C72H134NO8P/c1-6-8-10-12-14-16-18-20-22-24-26-28-29-30-31-32-33-34-35-36-37-38-39-40-41-42-43-45-47-49-51-53-55-57-59-61-63-65-72(75)81-70(69-80-82(76,77)79-67-66-73(3,4)5)68-78-71(74)64-62-60-58-56-54-52-50-48-46-44-27-25-23-21-19-17-15-13-11-9-7-2/h8,10,14,16,20,22,26,28,30-31,70H,6-7,9,11-13,15,17-19,21,23-25,27,29,32-69H2,1-5H3/p+1/b10-8-,16-14-,22-20-,28-26-,31-30-. The molecule has 0 rings (SSSR count). The molecule has 82 heavy (non-hydrogen) atoms. The van der Waals surface area contributed by atoms with Crippen molar-refractivity contribution in [1.29, 1.82) is 0 Å². The summed E-state index contributed by atoms with van der Waals surface area (Å²) in [5.74, 6) is -0.777. The second kappa shape index (κ2) is 63.2. The Labute approximate surface area is 508 Å². The van der Waals surface area contributed by atoms with Crippen LogP contribution in [0.2, 0.25) is 0 Å². The molecule has 1 N–H and O–H groups in total. The van der Waals surface area contributed by atoms with Crippen LogP contribution in [0.3, 0.4) is 0 Å². The lowest BCUT2D eigenvalue weighted by atomic mass is 10.0. The van der Waals surface area contributed by atoms with Crippen molar-refractivity contribution in [2.45, 2.75) is 341 Å². The number of carbonyl (C=O) groups excluding carboxylic acids is 2. The van der Waals surface area contributed by atoms with Crippen LogP contribution >= 0.6 is 7.82 Å². The molecule has 0 aliphatic rings. The number of quaternary nitrogens is 1. The number of unbranched alkanes of at least 4 members (excludes halogenated alkanes) is 41. The van der Waals surface area contributed by atoms with Gasteiger partial charge in [-0.1, -0.05) is 325 Å². The van der Waals surface area contributed by atoms with Gasteiger partial charge in [-0.05, 0) is 57.8 Å². The fourth-order valence-electron chi connectivity index (χ4n) is 10.2. The van der Waals surface area contributed by atoms with Gasteiger partial charge in [-0.2, -0.15) is 0 Å². The van der Waals surface area contributed by atoms with E-state index < -0.39 is 26.5 Å². The molecule has 2 atom stereocenters. The summed E-state index contributed by atoms with van der Waals surface area (Å²) in [7, 11) is 1.50. The summed E-state index contributed by atoms with van der Waals surface area (Å²) in [6, 6.07) is 0. The van der Waals surface area contributed by atoms with Crippen molar-refractivity contribution in [3.05, 3.63) is 60.8 Å². The van der Waals surface area contributed by atoms with Crippen molar-refractivity contribution in [2.24, 2.45) is 0 Å². The Bertz CT molecular complexity index is 1570. The van der Waals surface area contributed by atoms with Crippen LogP contribution in [0.4, 0.5) is 0 Å². The Morgan fingerprint density at radius 1 is 0.390 bits per heavy atom. The van der Waals surface area contributed by atoms with E-state index in [0.717, 1.165) is 64.2 Å². The predicted molar refractivity (Wildman–Crippen MR) is 353 cm³/mol. The van der Waals surface area contributed by atoms with Crippen LogP contribution in [0.25, 0.3) is 0 Å². The molecular formula is C72H135NO8P+. The normalized spacial score (nSPS) is 13.5. The monoisotopic (exact) mass is 1170 g/mol. The summed E-state index contributed by atoms with van der Waals surface area (Å²) in [4.78, 5) is 35.8. The molecule has 0 amide bonds. The number of nitrogens with zero attached hydrogens (tertiary/aromatic N) is 1. The first kappa shape index (κ1) is 79.7. The van der Waals surface area contributed by atoms with Gasteiger partial charge in [0.15, 0.2) is 6.10 Å². The summed E-state index contributed by atoms with van der Waals surface area (Å²) >= 11 is 0. The predicted octanol–water partition coefficient (Wildman–Crippen LogP) is 22.6. The molecule has 0 saturated carbocycles. The molecule has 0 fully saturated rings. The first-order valence-corrected chi connectivity index (χ1v) is 36.5. The Hall–Kier alpha value is -2.29. The van der Waals surface area contributed by atoms with Crippen molar-refractivity contribution in [1.82, 2.24) is 0 Å². The third-order valence-corrected chi connectivity index (χ3v) is 16.5. The van der Waals surface area contributed by atoms with Crippen molar-refractivity contribution in [3.63, 3.8) is 0 Å². The number of phosphoric ester groups is 1. The SMILES string of the molecule is CC/C=C\C/C=C\C/C=C\C/C=C\C/C=C\CCCCCCCCCCCCCCCCCCCCCCCC(=O)OC(COC(=O)CCCCCCCCCCCCCCCCCCCCCCC)COP(=O)(O)OCC[N+](C)(C)C. The zero-order valence-corrected chi connectivity index (χ0v) is 55.6. The van der Waals surface area contributed by atoms with Crippen LogP contribution in [-0.2, 0) is 32.7 Å². The zero-order chi connectivity index (χ0) is 59.8. The van der Waals surface area contributed by atoms with Gasteiger partial charge < -0.3 is 18.9 Å². The van der Waals surface area contributed by atoms with Gasteiger partial charge in [0.1, 0.15) is 19.8 Å². The number of esters is 2. The average Bonchev–Trinajstić information content (AvgIpc) is 3.46. The second-order valence-corrected chi connectivity index (χ2v) is 26.4. The summed E-state index contributed by atoms with van der Waals surface area (Å²) < 4.78 is 34.7. The number of likely N-dealkylation sites (N-methyl/N-ethyl adjacent to an activating group) is 1. The molecule has 0 aromatic rings. The minimum absolute atomic E-state index is 0.0342. The lowest BCUT2D eigenvalue weighted by Crippen LogP contribution is -2.37. The molecular weight excluding hydrogens is 1040 g/mol. The van der Waals surface area contributed by atoms with Gasteiger partial charge in [-0.3, -0.25) is 18.6 Å². The maximum Gasteiger partial charge on any atom is 0.472 e. The van der Waals surface area contributed by atoms with Crippen LogP contribution in [0.5, 0.6) is 0 Å². The van der Waals surface area contributed by atoms with Crippen molar-refractivity contribution in [2.75, 3.05) is 47.5 Å². The number of rotatable bonds is 65. The number of hydrogen-bond donors (Lipinski definition) is 1. The second-order valence-electron chi connectivity index (χ2n) is 24.9. The number of hydrogen-bond acceptors (Lipinski definition) is 7. The highest BCUT2D eigenvalue weighted by molar-refractivity contribution is 7.47. The van der Waals surface area contributed by atoms with E-state index in [9.17, 15) is 19.0 Å². The van der Waals surface area contributed by atoms with Crippen LogP contribution in [0.15, 0.2) is 60.8 Å². The molecule has 0 aromatic carbocycles. The Morgan fingerprint density at radius 3 is 1.04 bits per heavy atom. The minimum atomic E-state index is -4.39. The molecule has 10 heteroatoms. The van der Waals surface area contributed by atoms with Gasteiger partial charge in [0, 0.05) is 12.8 Å². The van der Waals surface area contributed by atoms with E-state index in [2.05, 4.69) is 74.6 Å². The molecule has 0 spiro atoms. The maximum atomic E-state index is 12.9. The Kier molecular flexibility index (Phi) is 61.5. The van der Waals surface area contributed by atoms with Crippen molar-refractivity contribution < 1.29 is 42.1 Å². The van der Waals surface area contributed by atoms with Crippen LogP contribution in [-0.4, -0.2) is 74.9 Å². The lowest BCUT2D eigenvalue weighted by Gasteiger charge is -2.24. The number of ether oxygens (including phenoxy) is 2. The molecule has 480 valence electrons. The van der Waals surface area contributed by atoms with Crippen molar-refractivity contribution in [3.8, 4) is 0 Å². The molecule has 0 bridgehead atoms. The minimum Gasteiger partial charge on any atom is -0.462 e. The van der Waals surface area contributed by atoms with E-state index >= 15 is 0 Å². The Balaban J connectivity index is 3.96. The lowest BCUT2D eigenvalue weighted by molar-refractivity contribution is -0.870. The topological polar surface area (TPSA) is 108 Å². The van der Waals surface area contributed by atoms with Gasteiger partial charge in [0.25, 0.3) is 0 Å². The van der Waals surface area contributed by atoms with Crippen molar-refractivity contribution >= 4 is 19.8 Å². The zero-order valence-electron chi connectivity index (χ0n) is 54.7. The molecule has 9 nitrogen and oxygen atoms in total. The molecule has 0 aliphatic carbocycles. The summed E-state index contributed by atoms with van der Waals surface area (Å²) in [6.45, 7) is 4.38. The number of carbonyl (C=O) groups is 2. The molecule has 2 unspecified atom stereocenters. The summed E-state index contributed by atoms with van der Waals surface area (Å²) in [5, 5.41) is 0. The Morgan fingerprint density at radius 2 is 0.695 bits per heavy atom. The van der Waals surface area contributed by atoms with Gasteiger partial charge in [-0.15, -0.1) is 0 Å².